The van der Waals surface area contributed by atoms with E-state index < -0.39 is 0 Å². The lowest BCUT2D eigenvalue weighted by molar-refractivity contribution is -0.141. The summed E-state index contributed by atoms with van der Waals surface area (Å²) >= 11 is 1.67. The van der Waals surface area contributed by atoms with Crippen LogP contribution in [0.2, 0.25) is 0 Å². The van der Waals surface area contributed by atoms with Crippen LogP contribution >= 0.6 is 11.8 Å². The highest BCUT2D eigenvalue weighted by molar-refractivity contribution is 7.99. The Kier molecular flexibility index (Phi) is 6.19. The van der Waals surface area contributed by atoms with E-state index in [9.17, 15) is 4.79 Å². The zero-order valence-corrected chi connectivity index (χ0v) is 10.6. The standard InChI is InChI=1S/C13H15NO2S/c1-11(15)16-8-4-5-9-17-13-7-3-2-6-12(13)10-14/h2-3,6-7H,4-5,8-9H2,1H3. The predicted octanol–water partition coefficient (Wildman–Crippen LogP) is 2.99. The van der Waals surface area contributed by atoms with Crippen molar-refractivity contribution in [2.24, 2.45) is 0 Å². The molecule has 90 valence electrons. The van der Waals surface area contributed by atoms with E-state index in [1.165, 1.54) is 6.92 Å². The van der Waals surface area contributed by atoms with Crippen LogP contribution < -0.4 is 0 Å². The summed E-state index contributed by atoms with van der Waals surface area (Å²) < 4.78 is 4.84. The molecule has 4 heteroatoms. The van der Waals surface area contributed by atoms with E-state index in [0.717, 1.165) is 29.1 Å². The van der Waals surface area contributed by atoms with Gasteiger partial charge in [-0.1, -0.05) is 12.1 Å². The lowest BCUT2D eigenvalue weighted by Gasteiger charge is -2.04. The summed E-state index contributed by atoms with van der Waals surface area (Å²) in [7, 11) is 0. The molecule has 0 radical (unpaired) electrons. The highest BCUT2D eigenvalue weighted by atomic mass is 32.2. The minimum atomic E-state index is -0.229. The molecule has 3 nitrogen and oxygen atoms in total. The molecule has 17 heavy (non-hydrogen) atoms. The van der Waals surface area contributed by atoms with Gasteiger partial charge in [-0.2, -0.15) is 5.26 Å². The molecule has 1 rings (SSSR count). The summed E-state index contributed by atoms with van der Waals surface area (Å²) in [4.78, 5) is 11.5. The molecule has 0 atom stereocenters. The van der Waals surface area contributed by atoms with Crippen LogP contribution in [0.4, 0.5) is 0 Å². The first-order valence-electron chi connectivity index (χ1n) is 5.49. The fourth-order valence-electron chi connectivity index (χ4n) is 1.29. The number of benzene rings is 1. The molecular weight excluding hydrogens is 234 g/mol. The maximum Gasteiger partial charge on any atom is 0.302 e. The van der Waals surface area contributed by atoms with Crippen molar-refractivity contribution in [1.82, 2.24) is 0 Å². The number of rotatable bonds is 6. The number of carbonyl (C=O) groups excluding carboxylic acids is 1. The zero-order valence-electron chi connectivity index (χ0n) is 9.81. The summed E-state index contributed by atoms with van der Waals surface area (Å²) in [6, 6.07) is 9.74. The lowest BCUT2D eigenvalue weighted by Crippen LogP contribution is -2.00. The largest absolute Gasteiger partial charge is 0.466 e. The number of unbranched alkanes of at least 4 members (excludes halogenated alkanes) is 1. The van der Waals surface area contributed by atoms with Gasteiger partial charge in [-0.15, -0.1) is 11.8 Å². The number of hydrogen-bond acceptors (Lipinski definition) is 4. The monoisotopic (exact) mass is 249 g/mol. The smallest absolute Gasteiger partial charge is 0.302 e. The number of nitrogens with zero attached hydrogens (tertiary/aromatic N) is 1. The van der Waals surface area contributed by atoms with Crippen molar-refractivity contribution in [3.05, 3.63) is 29.8 Å². The van der Waals surface area contributed by atoms with Gasteiger partial charge in [0.1, 0.15) is 6.07 Å². The predicted molar refractivity (Wildman–Crippen MR) is 67.7 cm³/mol. The topological polar surface area (TPSA) is 50.1 Å². The Bertz CT molecular complexity index is 412. The van der Waals surface area contributed by atoms with Crippen molar-refractivity contribution < 1.29 is 9.53 Å². The lowest BCUT2D eigenvalue weighted by atomic mass is 10.2. The van der Waals surface area contributed by atoms with Crippen LogP contribution in [0.25, 0.3) is 0 Å². The first-order valence-corrected chi connectivity index (χ1v) is 6.48. The molecule has 0 aliphatic heterocycles. The first-order chi connectivity index (χ1) is 8.24. The molecule has 0 unspecified atom stereocenters. The highest BCUT2D eigenvalue weighted by Gasteiger charge is 2.01. The SMILES string of the molecule is CC(=O)OCCCCSc1ccccc1C#N. The molecule has 0 spiro atoms. The molecular formula is C13H15NO2S. The van der Waals surface area contributed by atoms with E-state index in [4.69, 9.17) is 10.00 Å². The molecule has 0 bridgehead atoms. The Morgan fingerprint density at radius 2 is 2.18 bits per heavy atom. The van der Waals surface area contributed by atoms with Gasteiger partial charge in [0, 0.05) is 11.8 Å². The number of carbonyl (C=O) groups is 1. The molecule has 0 heterocycles. The average molecular weight is 249 g/mol. The molecule has 0 amide bonds. The van der Waals surface area contributed by atoms with Crippen LogP contribution in [-0.2, 0) is 9.53 Å². The highest BCUT2D eigenvalue weighted by Crippen LogP contribution is 2.22. The Morgan fingerprint density at radius 1 is 1.41 bits per heavy atom. The van der Waals surface area contributed by atoms with Gasteiger partial charge in [0.2, 0.25) is 0 Å². The number of nitriles is 1. The summed E-state index contributed by atoms with van der Waals surface area (Å²) in [5.74, 6) is 0.701. The van der Waals surface area contributed by atoms with Gasteiger partial charge in [0.25, 0.3) is 0 Å². The second-order valence-corrected chi connectivity index (χ2v) is 4.64. The molecule has 0 aliphatic rings. The van der Waals surface area contributed by atoms with E-state index in [2.05, 4.69) is 6.07 Å². The van der Waals surface area contributed by atoms with Crippen LogP contribution in [0.3, 0.4) is 0 Å². The molecule has 0 N–H and O–H groups in total. The quantitative estimate of drug-likeness (QED) is 0.442. The van der Waals surface area contributed by atoms with Crippen molar-refractivity contribution in [3.8, 4) is 6.07 Å². The van der Waals surface area contributed by atoms with Crippen LogP contribution in [0.15, 0.2) is 29.2 Å². The number of esters is 1. The van der Waals surface area contributed by atoms with E-state index in [0.29, 0.717) is 6.61 Å². The second kappa shape index (κ2) is 7.75. The van der Waals surface area contributed by atoms with Gasteiger partial charge in [-0.05, 0) is 30.7 Å². The van der Waals surface area contributed by atoms with Crippen molar-refractivity contribution in [3.63, 3.8) is 0 Å². The Labute approximate surface area is 106 Å². The van der Waals surface area contributed by atoms with E-state index in [1.807, 2.05) is 24.3 Å². The van der Waals surface area contributed by atoms with Gasteiger partial charge < -0.3 is 4.74 Å². The van der Waals surface area contributed by atoms with E-state index >= 15 is 0 Å². The van der Waals surface area contributed by atoms with Crippen LogP contribution in [0.5, 0.6) is 0 Å². The normalized spacial score (nSPS) is 9.65. The number of ether oxygens (including phenoxy) is 1. The molecule has 0 aromatic heterocycles. The molecule has 0 saturated heterocycles. The minimum Gasteiger partial charge on any atom is -0.466 e. The Balaban J connectivity index is 2.22. The van der Waals surface area contributed by atoms with Crippen LogP contribution in [-0.4, -0.2) is 18.3 Å². The van der Waals surface area contributed by atoms with Gasteiger partial charge >= 0.3 is 5.97 Å². The Morgan fingerprint density at radius 3 is 2.88 bits per heavy atom. The fraction of sp³-hybridized carbons (Fsp3) is 0.385. The maximum atomic E-state index is 10.5. The number of thioether (sulfide) groups is 1. The summed E-state index contributed by atoms with van der Waals surface area (Å²) in [6.07, 6.45) is 1.83. The van der Waals surface area contributed by atoms with Gasteiger partial charge in [0.15, 0.2) is 0 Å². The summed E-state index contributed by atoms with van der Waals surface area (Å²) in [5, 5.41) is 8.90. The third-order valence-electron chi connectivity index (χ3n) is 2.11. The van der Waals surface area contributed by atoms with Gasteiger partial charge in [-0.25, -0.2) is 0 Å². The minimum absolute atomic E-state index is 0.229. The number of hydrogen-bond donors (Lipinski definition) is 0. The molecule has 0 fully saturated rings. The van der Waals surface area contributed by atoms with Gasteiger partial charge in [0.05, 0.1) is 12.2 Å². The molecule has 1 aromatic rings. The third-order valence-corrected chi connectivity index (χ3v) is 3.27. The fourth-order valence-corrected chi connectivity index (χ4v) is 2.30. The maximum absolute atomic E-state index is 10.5. The Hall–Kier alpha value is -1.47. The van der Waals surface area contributed by atoms with Crippen molar-refractivity contribution in [2.45, 2.75) is 24.7 Å². The van der Waals surface area contributed by atoms with Crippen LogP contribution in [0.1, 0.15) is 25.3 Å². The molecule has 0 saturated carbocycles. The van der Waals surface area contributed by atoms with Gasteiger partial charge in [-0.3, -0.25) is 4.79 Å². The average Bonchev–Trinajstić information content (AvgIpc) is 2.33. The van der Waals surface area contributed by atoms with Crippen molar-refractivity contribution in [2.75, 3.05) is 12.4 Å². The molecule has 1 aromatic carbocycles. The summed E-state index contributed by atoms with van der Waals surface area (Å²) in [6.45, 7) is 1.90. The van der Waals surface area contributed by atoms with E-state index in [1.54, 1.807) is 11.8 Å². The van der Waals surface area contributed by atoms with Crippen molar-refractivity contribution >= 4 is 17.7 Å². The molecule has 0 aliphatic carbocycles. The first kappa shape index (κ1) is 13.6. The summed E-state index contributed by atoms with van der Waals surface area (Å²) in [5.41, 5.74) is 0.720. The third kappa shape index (κ3) is 5.41. The van der Waals surface area contributed by atoms with E-state index in [-0.39, 0.29) is 5.97 Å². The van der Waals surface area contributed by atoms with Crippen LogP contribution in [0, 0.1) is 11.3 Å². The second-order valence-electron chi connectivity index (χ2n) is 3.50. The zero-order chi connectivity index (χ0) is 12.5. The van der Waals surface area contributed by atoms with Crippen molar-refractivity contribution in [1.29, 1.82) is 5.26 Å².